The van der Waals surface area contributed by atoms with E-state index in [1.54, 1.807) is 5.56 Å². The van der Waals surface area contributed by atoms with Crippen LogP contribution in [0.2, 0.25) is 0 Å². The molecule has 0 radical (unpaired) electrons. The summed E-state index contributed by atoms with van der Waals surface area (Å²) in [5.74, 6) is 0.969. The topological polar surface area (TPSA) is 26.0 Å². The molecule has 0 amide bonds. The lowest BCUT2D eigenvalue weighted by Crippen LogP contribution is -2.08. The Hall–Kier alpha value is -2.61. The predicted molar refractivity (Wildman–Crippen MR) is 122 cm³/mol. The molecule has 2 aromatic carbocycles. The number of pyridine rings is 1. The van der Waals surface area contributed by atoms with Crippen LogP contribution in [-0.4, -0.2) is 4.98 Å². The van der Waals surface area contributed by atoms with Gasteiger partial charge in [0.1, 0.15) is 11.3 Å². The highest BCUT2D eigenvalue weighted by Gasteiger charge is 2.23. The fraction of sp³-hybridized carbons (Fsp3) is 0.370. The molecule has 0 aliphatic heterocycles. The number of aryl methyl sites for hydroxylation is 1. The Labute approximate surface area is 173 Å². The number of hydrogen-bond acceptors (Lipinski definition) is 2. The van der Waals surface area contributed by atoms with Gasteiger partial charge in [0.25, 0.3) is 0 Å². The van der Waals surface area contributed by atoms with Gasteiger partial charge in [0.15, 0.2) is 5.58 Å². The number of rotatable bonds is 3. The van der Waals surface area contributed by atoms with Gasteiger partial charge in [-0.3, -0.25) is 4.98 Å². The van der Waals surface area contributed by atoms with Crippen molar-refractivity contribution < 1.29 is 4.42 Å². The van der Waals surface area contributed by atoms with Crippen molar-refractivity contribution in [1.29, 1.82) is 0 Å². The normalized spacial score (nSPS) is 14.3. The third-order valence-corrected chi connectivity index (χ3v) is 6.45. The van der Waals surface area contributed by atoms with E-state index >= 15 is 0 Å². The molecule has 0 fully saturated rings. The fourth-order valence-electron chi connectivity index (χ4n) is 5.01. The maximum absolute atomic E-state index is 6.53. The van der Waals surface area contributed by atoms with E-state index in [-0.39, 0.29) is 0 Å². The maximum atomic E-state index is 6.53. The lowest BCUT2D eigenvalue weighted by Gasteiger charge is -2.22. The molecule has 2 aromatic heterocycles. The maximum Gasteiger partial charge on any atom is 0.161 e. The van der Waals surface area contributed by atoms with E-state index in [1.165, 1.54) is 53.1 Å². The van der Waals surface area contributed by atoms with E-state index in [2.05, 4.69) is 64.1 Å². The molecule has 1 aliphatic carbocycles. The Balaban J connectivity index is 1.83. The van der Waals surface area contributed by atoms with Gasteiger partial charge in [-0.05, 0) is 78.0 Å². The summed E-state index contributed by atoms with van der Waals surface area (Å²) in [7, 11) is 0. The zero-order chi connectivity index (χ0) is 20.1. The quantitative estimate of drug-likeness (QED) is 0.361. The van der Waals surface area contributed by atoms with Crippen molar-refractivity contribution in [3.05, 3.63) is 64.8 Å². The highest BCUT2D eigenvalue weighted by Crippen LogP contribution is 2.42. The smallest absolute Gasteiger partial charge is 0.161 e. The molecule has 0 unspecified atom stereocenters. The van der Waals surface area contributed by atoms with Crippen molar-refractivity contribution in [2.75, 3.05) is 0 Å². The van der Waals surface area contributed by atoms with Crippen molar-refractivity contribution in [2.24, 2.45) is 0 Å². The molecule has 2 nitrogen and oxygen atoms in total. The lowest BCUT2D eigenvalue weighted by molar-refractivity contribution is 0.652. The molecule has 0 bridgehead atoms. The Morgan fingerprint density at radius 2 is 1.76 bits per heavy atom. The van der Waals surface area contributed by atoms with Crippen LogP contribution in [0, 0.1) is 0 Å². The third kappa shape index (κ3) is 2.97. The van der Waals surface area contributed by atoms with Crippen molar-refractivity contribution in [3.8, 4) is 11.3 Å². The molecule has 2 heterocycles. The second-order valence-electron chi connectivity index (χ2n) is 9.08. The first-order valence-electron chi connectivity index (χ1n) is 11.0. The van der Waals surface area contributed by atoms with Crippen molar-refractivity contribution >= 4 is 21.9 Å². The van der Waals surface area contributed by atoms with Crippen LogP contribution < -0.4 is 0 Å². The first-order chi connectivity index (χ1) is 14.0. The van der Waals surface area contributed by atoms with E-state index in [9.17, 15) is 0 Å². The Kier molecular flexibility index (Phi) is 4.46. The number of benzene rings is 2. The van der Waals surface area contributed by atoms with Crippen LogP contribution in [0.25, 0.3) is 33.2 Å². The molecule has 0 spiro atoms. The van der Waals surface area contributed by atoms with Gasteiger partial charge in [-0.2, -0.15) is 0 Å². The van der Waals surface area contributed by atoms with Crippen LogP contribution in [0.15, 0.2) is 47.0 Å². The molecular weight excluding hydrogens is 354 g/mol. The molecule has 5 rings (SSSR count). The molecule has 148 valence electrons. The van der Waals surface area contributed by atoms with Gasteiger partial charge in [0.05, 0.1) is 0 Å². The molecule has 0 N–H and O–H groups in total. The Bertz CT molecular complexity index is 1210. The number of aromatic nitrogens is 1. The summed E-state index contributed by atoms with van der Waals surface area (Å²) in [6.07, 6.45) is 6.88. The first kappa shape index (κ1) is 18.4. The summed E-state index contributed by atoms with van der Waals surface area (Å²) in [5.41, 5.74) is 9.92. The van der Waals surface area contributed by atoms with Crippen molar-refractivity contribution in [1.82, 2.24) is 4.98 Å². The molecule has 29 heavy (non-hydrogen) atoms. The van der Waals surface area contributed by atoms with E-state index < -0.39 is 0 Å². The number of furan rings is 1. The van der Waals surface area contributed by atoms with Crippen molar-refractivity contribution in [2.45, 2.75) is 65.2 Å². The molecule has 0 saturated carbocycles. The monoisotopic (exact) mass is 383 g/mol. The summed E-state index contributed by atoms with van der Waals surface area (Å²) in [6.45, 7) is 9.09. The highest BCUT2D eigenvalue weighted by molar-refractivity contribution is 6.11. The number of fused-ring (bicyclic) bond motifs is 4. The van der Waals surface area contributed by atoms with Crippen LogP contribution in [0.1, 0.15) is 74.6 Å². The highest BCUT2D eigenvalue weighted by atomic mass is 16.3. The van der Waals surface area contributed by atoms with Gasteiger partial charge in [0.2, 0.25) is 0 Å². The van der Waals surface area contributed by atoms with Crippen LogP contribution in [0.4, 0.5) is 0 Å². The summed E-state index contributed by atoms with van der Waals surface area (Å²) < 4.78 is 6.53. The SMILES string of the molecule is CC(C)c1cccc(-c2nccc3c2oc2cc4c(c(C(C)C)c23)CCCC4)c1. The second-order valence-corrected chi connectivity index (χ2v) is 9.08. The van der Waals surface area contributed by atoms with E-state index in [1.807, 2.05) is 6.20 Å². The molecule has 2 heteroatoms. The van der Waals surface area contributed by atoms with Crippen LogP contribution in [-0.2, 0) is 12.8 Å². The zero-order valence-corrected chi connectivity index (χ0v) is 17.9. The summed E-state index contributed by atoms with van der Waals surface area (Å²) in [6, 6.07) is 13.2. The van der Waals surface area contributed by atoms with Gasteiger partial charge in [-0.1, -0.05) is 45.9 Å². The second kappa shape index (κ2) is 7.02. The van der Waals surface area contributed by atoms with E-state index in [0.717, 1.165) is 22.4 Å². The van der Waals surface area contributed by atoms with Crippen LogP contribution in [0.5, 0.6) is 0 Å². The third-order valence-electron chi connectivity index (χ3n) is 6.45. The van der Waals surface area contributed by atoms with E-state index in [0.29, 0.717) is 11.8 Å². The molecule has 1 aliphatic rings. The van der Waals surface area contributed by atoms with Crippen molar-refractivity contribution in [3.63, 3.8) is 0 Å². The molecular formula is C27H29NO. The minimum Gasteiger partial charge on any atom is -0.454 e. The summed E-state index contributed by atoms with van der Waals surface area (Å²) in [4.78, 5) is 4.75. The minimum absolute atomic E-state index is 0.479. The number of nitrogens with zero attached hydrogens (tertiary/aromatic N) is 1. The van der Waals surface area contributed by atoms with Gasteiger partial charge < -0.3 is 4.42 Å². The van der Waals surface area contributed by atoms with E-state index in [4.69, 9.17) is 9.40 Å². The average molecular weight is 384 g/mol. The predicted octanol–water partition coefficient (Wildman–Crippen LogP) is 7.77. The minimum atomic E-state index is 0.479. The zero-order valence-electron chi connectivity index (χ0n) is 17.9. The molecule has 0 atom stereocenters. The standard InChI is InChI=1S/C27H29NO/c1-16(2)18-9-7-10-20(14-18)26-27-22(12-13-28-26)25-23(29-27)15-19-8-5-6-11-21(19)24(25)17(3)4/h7,9-10,12-17H,5-6,8,11H2,1-4H3. The summed E-state index contributed by atoms with van der Waals surface area (Å²) in [5, 5.41) is 2.51. The van der Waals surface area contributed by atoms with Gasteiger partial charge in [-0.25, -0.2) is 0 Å². The largest absolute Gasteiger partial charge is 0.454 e. The van der Waals surface area contributed by atoms with Gasteiger partial charge >= 0.3 is 0 Å². The summed E-state index contributed by atoms with van der Waals surface area (Å²) >= 11 is 0. The lowest BCUT2D eigenvalue weighted by atomic mass is 9.82. The first-order valence-corrected chi connectivity index (χ1v) is 11.0. The van der Waals surface area contributed by atoms with Crippen LogP contribution >= 0.6 is 0 Å². The fourth-order valence-corrected chi connectivity index (χ4v) is 5.01. The average Bonchev–Trinajstić information content (AvgIpc) is 3.09. The van der Waals surface area contributed by atoms with Gasteiger partial charge in [0, 0.05) is 22.5 Å². The van der Waals surface area contributed by atoms with Gasteiger partial charge in [-0.15, -0.1) is 0 Å². The number of hydrogen-bond donors (Lipinski definition) is 0. The molecule has 4 aromatic rings. The molecule has 0 saturated heterocycles. The van der Waals surface area contributed by atoms with Crippen LogP contribution in [0.3, 0.4) is 0 Å². The Morgan fingerprint density at radius 1 is 0.931 bits per heavy atom. The Morgan fingerprint density at radius 3 is 2.55 bits per heavy atom.